The summed E-state index contributed by atoms with van der Waals surface area (Å²) in [6.07, 6.45) is 1.85. The van der Waals surface area contributed by atoms with Gasteiger partial charge in [0.15, 0.2) is 5.69 Å². The Morgan fingerprint density at radius 3 is 2.85 bits per heavy atom. The van der Waals surface area contributed by atoms with Crippen LogP contribution in [0.4, 0.5) is 0 Å². The van der Waals surface area contributed by atoms with E-state index >= 15 is 0 Å². The van der Waals surface area contributed by atoms with Crippen molar-refractivity contribution in [3.05, 3.63) is 44.6 Å². The molecule has 0 radical (unpaired) electrons. The standard InChI is InChI=1S/C21H22ClN7O4S/c1-11-16(22)12(8-23)17(25-11)20(30)26-13-5-7-29(9-15(13)33-3)34-10-24-18(19(34)21(31)32)14-4-6-28(2)27-14/h4,6,10,13,15H,5,7,9H2,1-3H3,(H2-,25,26,30,31,32)/p+1/t13-,15+,34?/m1/s1. The van der Waals surface area contributed by atoms with Crippen molar-refractivity contribution in [2.45, 2.75) is 25.5 Å². The molecule has 0 aromatic carbocycles. The van der Waals surface area contributed by atoms with Crippen molar-refractivity contribution < 1.29 is 19.4 Å². The van der Waals surface area contributed by atoms with E-state index < -0.39 is 28.6 Å². The number of amides is 1. The molecule has 1 unspecified atom stereocenters. The summed E-state index contributed by atoms with van der Waals surface area (Å²) in [5, 5.41) is 26.7. The summed E-state index contributed by atoms with van der Waals surface area (Å²) in [5.74, 6) is -1.49. The summed E-state index contributed by atoms with van der Waals surface area (Å²) < 4.78 is 9.24. The molecule has 0 bridgehead atoms. The normalized spacial score (nSPS) is 19.1. The summed E-state index contributed by atoms with van der Waals surface area (Å²) >= 11 is 6.11. The van der Waals surface area contributed by atoms with Gasteiger partial charge in [-0.3, -0.25) is 9.48 Å². The quantitative estimate of drug-likeness (QED) is 0.432. The number of rotatable bonds is 6. The Bertz CT molecular complexity index is 1290. The van der Waals surface area contributed by atoms with Crippen LogP contribution in [0.1, 0.15) is 37.8 Å². The molecule has 0 spiro atoms. The molecule has 1 saturated heterocycles. The summed E-state index contributed by atoms with van der Waals surface area (Å²) in [6.45, 7) is 2.59. The number of carboxylic acids is 1. The monoisotopic (exact) mass is 504 g/mol. The zero-order valence-electron chi connectivity index (χ0n) is 18.7. The minimum atomic E-state index is -1.05. The second kappa shape index (κ2) is 9.55. The average molecular weight is 505 g/mol. The topological polar surface area (TPSA) is 149 Å². The molecule has 3 aromatic rings. The molecule has 3 atom stereocenters. The number of thiazole rings is 1. The maximum Gasteiger partial charge on any atom is 0.393 e. The fourth-order valence-electron chi connectivity index (χ4n) is 4.01. The van der Waals surface area contributed by atoms with E-state index in [1.807, 2.05) is 10.4 Å². The maximum atomic E-state index is 12.9. The minimum Gasteiger partial charge on any atom is -0.474 e. The van der Waals surface area contributed by atoms with E-state index in [-0.39, 0.29) is 27.2 Å². The molecule has 0 saturated carbocycles. The van der Waals surface area contributed by atoms with Crippen LogP contribution in [0.5, 0.6) is 0 Å². The Labute approximate surface area is 203 Å². The largest absolute Gasteiger partial charge is 0.474 e. The van der Waals surface area contributed by atoms with Gasteiger partial charge in [0.1, 0.15) is 33.7 Å². The van der Waals surface area contributed by atoms with E-state index in [2.05, 4.69) is 20.4 Å². The van der Waals surface area contributed by atoms with Crippen molar-refractivity contribution in [3.63, 3.8) is 0 Å². The first-order valence-electron chi connectivity index (χ1n) is 10.4. The Morgan fingerprint density at radius 1 is 1.47 bits per heavy atom. The lowest BCUT2D eigenvalue weighted by atomic mass is 10.0. The molecule has 3 aromatic heterocycles. The number of aromatic amines is 1. The van der Waals surface area contributed by atoms with Gasteiger partial charge in [-0.15, -0.1) is 4.31 Å². The molecule has 3 N–H and O–H groups in total. The lowest BCUT2D eigenvalue weighted by molar-refractivity contribution is 0.0555. The van der Waals surface area contributed by atoms with Crippen molar-refractivity contribution in [2.75, 3.05) is 24.5 Å². The fraction of sp³-hybridized carbons (Fsp3) is 0.381. The highest BCUT2D eigenvalue weighted by molar-refractivity contribution is 7.33. The second-order valence-electron chi connectivity index (χ2n) is 7.86. The van der Waals surface area contributed by atoms with E-state index in [9.17, 15) is 20.0 Å². The highest BCUT2D eigenvalue weighted by Crippen LogP contribution is 2.36. The number of piperidine rings is 1. The molecule has 1 aliphatic rings. The van der Waals surface area contributed by atoms with Crippen LogP contribution in [0.3, 0.4) is 0 Å². The highest BCUT2D eigenvalue weighted by atomic mass is 35.5. The smallest absolute Gasteiger partial charge is 0.393 e. The van der Waals surface area contributed by atoms with Crippen LogP contribution in [0.25, 0.3) is 11.4 Å². The third kappa shape index (κ3) is 4.30. The average Bonchev–Trinajstić information content (AvgIpc) is 3.51. The van der Waals surface area contributed by atoms with Crippen molar-refractivity contribution in [2.24, 2.45) is 7.05 Å². The van der Waals surface area contributed by atoms with Gasteiger partial charge in [0, 0.05) is 26.0 Å². The third-order valence-corrected chi connectivity index (χ3v) is 8.18. The van der Waals surface area contributed by atoms with E-state index in [1.165, 1.54) is 0 Å². The maximum absolute atomic E-state index is 12.9. The first-order chi connectivity index (χ1) is 16.2. The summed E-state index contributed by atoms with van der Waals surface area (Å²) in [7, 11) is 2.42. The highest BCUT2D eigenvalue weighted by Gasteiger charge is 2.41. The predicted octanol–water partition coefficient (Wildman–Crippen LogP) is 2.25. The number of hydrogen-bond donors (Lipinski definition) is 3. The van der Waals surface area contributed by atoms with Crippen molar-refractivity contribution in [1.82, 2.24) is 25.1 Å². The van der Waals surface area contributed by atoms with Gasteiger partial charge in [-0.2, -0.15) is 15.3 Å². The molecule has 1 amide bonds. The number of methoxy groups -OCH3 is 1. The molecule has 11 nitrogen and oxygen atoms in total. The Kier molecular flexibility index (Phi) is 6.72. The van der Waals surface area contributed by atoms with Crippen LogP contribution in [-0.4, -0.2) is 69.1 Å². The minimum absolute atomic E-state index is 0.102. The predicted molar refractivity (Wildman–Crippen MR) is 126 cm³/mol. The number of carbonyl (C=O) groups excluding carboxylic acids is 1. The zero-order chi connectivity index (χ0) is 24.6. The van der Waals surface area contributed by atoms with Crippen molar-refractivity contribution in [1.29, 1.82) is 5.26 Å². The van der Waals surface area contributed by atoms with Crippen molar-refractivity contribution in [3.8, 4) is 17.5 Å². The van der Waals surface area contributed by atoms with Crippen LogP contribution >= 0.6 is 22.3 Å². The molecular weight excluding hydrogens is 482 g/mol. The molecule has 34 heavy (non-hydrogen) atoms. The van der Waals surface area contributed by atoms with E-state index in [0.717, 1.165) is 0 Å². The van der Waals surface area contributed by atoms with Gasteiger partial charge in [-0.25, -0.2) is 4.79 Å². The third-order valence-electron chi connectivity index (χ3n) is 5.73. The van der Waals surface area contributed by atoms with E-state index in [0.29, 0.717) is 36.6 Å². The molecular formula is C21H23ClN7O4S+. The molecule has 178 valence electrons. The van der Waals surface area contributed by atoms with Crippen molar-refractivity contribution >= 4 is 34.1 Å². The van der Waals surface area contributed by atoms with Crippen LogP contribution in [0.2, 0.25) is 5.02 Å². The van der Waals surface area contributed by atoms with E-state index in [1.54, 1.807) is 43.5 Å². The number of carboxylic acid groups (broad SMARTS) is 1. The fourth-order valence-corrected chi connectivity index (χ4v) is 6.04. The molecule has 0 aliphatic carbocycles. The SMILES string of the molecule is CO[C@H]1CN([s+]2cnc(-c3ccn(C)n3)c2C(=O)O)CC[C@H]1NC(=O)c1[nH]c(C)c(Cl)c1C#N. The van der Waals surface area contributed by atoms with Crippen LogP contribution in [0.15, 0.2) is 17.8 Å². The number of ether oxygens (including phenoxy) is 1. The Balaban J connectivity index is 1.54. The molecule has 1 aliphatic heterocycles. The number of H-pyrrole nitrogens is 1. The molecule has 4 rings (SSSR count). The summed E-state index contributed by atoms with van der Waals surface area (Å²) in [5.41, 5.74) is 3.25. The van der Waals surface area contributed by atoms with Gasteiger partial charge in [-0.05, 0) is 19.4 Å². The Hall–Kier alpha value is -3.24. The number of nitrogens with zero attached hydrogens (tertiary/aromatic N) is 5. The molecule has 13 heteroatoms. The number of halogens is 1. The van der Waals surface area contributed by atoms with Crippen LogP contribution in [-0.2, 0) is 11.8 Å². The number of carbonyl (C=O) groups is 2. The van der Waals surface area contributed by atoms with E-state index in [4.69, 9.17) is 16.3 Å². The summed E-state index contributed by atoms with van der Waals surface area (Å²) in [6, 6.07) is 3.36. The zero-order valence-corrected chi connectivity index (χ0v) is 20.3. The first kappa shape index (κ1) is 23.9. The number of aromatic carboxylic acids is 1. The Morgan fingerprint density at radius 2 is 2.24 bits per heavy atom. The summed E-state index contributed by atoms with van der Waals surface area (Å²) in [4.78, 5) is 32.4. The number of nitriles is 1. The molecule has 1 fully saturated rings. The number of aromatic nitrogens is 4. The number of nitrogens with one attached hydrogen (secondary N) is 2. The number of hydrogen-bond acceptors (Lipinski definition) is 7. The molecule has 4 heterocycles. The van der Waals surface area contributed by atoms with Crippen LogP contribution in [0, 0.1) is 18.3 Å². The number of aryl methyl sites for hydroxylation is 2. The van der Waals surface area contributed by atoms with Crippen LogP contribution < -0.4 is 9.62 Å². The lowest BCUT2D eigenvalue weighted by Gasteiger charge is -2.33. The van der Waals surface area contributed by atoms with Gasteiger partial charge in [0.2, 0.25) is 0 Å². The van der Waals surface area contributed by atoms with Gasteiger partial charge in [0.25, 0.3) is 11.4 Å². The lowest BCUT2D eigenvalue weighted by Crippen LogP contribution is -2.54. The second-order valence-corrected chi connectivity index (χ2v) is 10.0. The van der Waals surface area contributed by atoms with Gasteiger partial charge < -0.3 is 20.1 Å². The first-order valence-corrected chi connectivity index (χ1v) is 12.0. The van der Waals surface area contributed by atoms with Gasteiger partial charge >= 0.3 is 10.8 Å². The van der Waals surface area contributed by atoms with Gasteiger partial charge in [-0.1, -0.05) is 11.6 Å². The van der Waals surface area contributed by atoms with Gasteiger partial charge in [0.05, 0.1) is 30.3 Å².